The van der Waals surface area contributed by atoms with Crippen molar-refractivity contribution in [3.05, 3.63) is 37.0 Å². The van der Waals surface area contributed by atoms with Crippen LogP contribution in [-0.2, 0) is 0 Å². The monoisotopic (exact) mass is 158 g/mol. The van der Waals surface area contributed by atoms with E-state index >= 15 is 0 Å². The highest BCUT2D eigenvalue weighted by atomic mass is 15.3. The molecule has 2 aromatic rings. The highest BCUT2D eigenvalue weighted by Gasteiger charge is 1.99. The number of allylic oxidation sites excluding steroid dienone is 1. The van der Waals surface area contributed by atoms with Gasteiger partial charge in [0.25, 0.3) is 0 Å². The summed E-state index contributed by atoms with van der Waals surface area (Å²) in [4.78, 5) is 0. The van der Waals surface area contributed by atoms with Crippen LogP contribution in [-0.4, -0.2) is 9.78 Å². The van der Waals surface area contributed by atoms with Crippen LogP contribution >= 0.6 is 0 Å². The van der Waals surface area contributed by atoms with E-state index in [4.69, 9.17) is 0 Å². The second-order valence-corrected chi connectivity index (χ2v) is 2.85. The normalized spacial score (nSPS) is 10.4. The summed E-state index contributed by atoms with van der Waals surface area (Å²) in [5.74, 6) is 0. The summed E-state index contributed by atoms with van der Waals surface area (Å²) in [6.07, 6.45) is 1.85. The maximum Gasteiger partial charge on any atom is 0.0736 e. The van der Waals surface area contributed by atoms with Crippen molar-refractivity contribution in [2.75, 3.05) is 0 Å². The summed E-state index contributed by atoms with van der Waals surface area (Å²) < 4.78 is 1.84. The van der Waals surface area contributed by atoms with Gasteiger partial charge >= 0.3 is 0 Å². The van der Waals surface area contributed by atoms with Crippen molar-refractivity contribution < 1.29 is 0 Å². The number of aromatic nitrogens is 2. The smallest absolute Gasteiger partial charge is 0.0736 e. The molecule has 0 aliphatic rings. The third-order valence-electron chi connectivity index (χ3n) is 1.84. The molecule has 0 atom stereocenters. The van der Waals surface area contributed by atoms with E-state index < -0.39 is 0 Å². The Bertz CT molecular complexity index is 426. The van der Waals surface area contributed by atoms with Crippen LogP contribution in [0.2, 0.25) is 0 Å². The van der Waals surface area contributed by atoms with E-state index in [9.17, 15) is 0 Å². The number of para-hydroxylation sites is 1. The van der Waals surface area contributed by atoms with Crippen LogP contribution in [0.5, 0.6) is 0 Å². The molecular formula is C10H10N2. The molecule has 0 spiro atoms. The molecule has 0 aliphatic carbocycles. The Morgan fingerprint density at radius 2 is 2.17 bits per heavy atom. The van der Waals surface area contributed by atoms with Crippen molar-refractivity contribution in [3.8, 4) is 0 Å². The summed E-state index contributed by atoms with van der Waals surface area (Å²) in [5.41, 5.74) is 2.06. The van der Waals surface area contributed by atoms with Gasteiger partial charge in [-0.15, -0.1) is 0 Å². The SMILES string of the molecule is C=C(C)n1ncc2ccccc21. The zero-order valence-corrected chi connectivity index (χ0v) is 6.99. The van der Waals surface area contributed by atoms with Gasteiger partial charge in [0.1, 0.15) is 0 Å². The van der Waals surface area contributed by atoms with E-state index in [-0.39, 0.29) is 0 Å². The largest absolute Gasteiger partial charge is 0.238 e. The van der Waals surface area contributed by atoms with Crippen molar-refractivity contribution in [3.63, 3.8) is 0 Å². The molecule has 0 radical (unpaired) electrons. The van der Waals surface area contributed by atoms with E-state index in [1.54, 1.807) is 0 Å². The minimum Gasteiger partial charge on any atom is -0.238 e. The molecule has 0 aliphatic heterocycles. The molecule has 0 saturated carbocycles. The van der Waals surface area contributed by atoms with E-state index in [0.29, 0.717) is 0 Å². The van der Waals surface area contributed by atoms with Gasteiger partial charge in [0.15, 0.2) is 0 Å². The van der Waals surface area contributed by atoms with Crippen molar-refractivity contribution >= 4 is 16.6 Å². The zero-order chi connectivity index (χ0) is 8.55. The molecule has 60 valence electrons. The number of hydrogen-bond acceptors (Lipinski definition) is 1. The number of benzene rings is 1. The molecule has 12 heavy (non-hydrogen) atoms. The van der Waals surface area contributed by atoms with E-state index in [1.807, 2.05) is 42.1 Å². The number of hydrogen-bond donors (Lipinski definition) is 0. The molecule has 2 rings (SSSR count). The van der Waals surface area contributed by atoms with Crippen LogP contribution in [0.1, 0.15) is 6.92 Å². The molecule has 0 amide bonds. The second kappa shape index (κ2) is 2.48. The summed E-state index contributed by atoms with van der Waals surface area (Å²) >= 11 is 0. The molecule has 2 nitrogen and oxygen atoms in total. The molecule has 0 fully saturated rings. The van der Waals surface area contributed by atoms with E-state index in [2.05, 4.69) is 11.7 Å². The van der Waals surface area contributed by atoms with Gasteiger partial charge in [-0.25, -0.2) is 4.68 Å². The lowest BCUT2D eigenvalue weighted by atomic mass is 10.2. The third kappa shape index (κ3) is 0.925. The zero-order valence-electron chi connectivity index (χ0n) is 6.99. The number of nitrogens with zero attached hydrogens (tertiary/aromatic N) is 2. The summed E-state index contributed by atoms with van der Waals surface area (Å²) in [6.45, 7) is 5.79. The summed E-state index contributed by atoms with van der Waals surface area (Å²) in [5, 5.41) is 5.37. The van der Waals surface area contributed by atoms with Crippen molar-refractivity contribution in [1.29, 1.82) is 0 Å². The minimum absolute atomic E-state index is 0.941. The molecule has 0 bridgehead atoms. The maximum absolute atomic E-state index is 4.21. The lowest BCUT2D eigenvalue weighted by Gasteiger charge is -1.99. The molecule has 1 aromatic heterocycles. The van der Waals surface area contributed by atoms with Crippen LogP contribution in [0, 0.1) is 0 Å². The predicted molar refractivity (Wildman–Crippen MR) is 50.7 cm³/mol. The first-order valence-electron chi connectivity index (χ1n) is 3.87. The second-order valence-electron chi connectivity index (χ2n) is 2.85. The molecule has 2 heteroatoms. The Labute approximate surface area is 71.1 Å². The van der Waals surface area contributed by atoms with E-state index in [0.717, 1.165) is 16.6 Å². The molecule has 1 aromatic carbocycles. The van der Waals surface area contributed by atoms with Crippen LogP contribution < -0.4 is 0 Å². The van der Waals surface area contributed by atoms with Crippen LogP contribution in [0.15, 0.2) is 37.0 Å². The summed E-state index contributed by atoms with van der Waals surface area (Å²) in [7, 11) is 0. The third-order valence-corrected chi connectivity index (χ3v) is 1.84. The first-order chi connectivity index (χ1) is 5.79. The van der Waals surface area contributed by atoms with Crippen molar-refractivity contribution in [1.82, 2.24) is 9.78 Å². The predicted octanol–water partition coefficient (Wildman–Crippen LogP) is 2.53. The fraction of sp³-hybridized carbons (Fsp3) is 0.100. The Kier molecular flexibility index (Phi) is 1.47. The average Bonchev–Trinajstić information content (AvgIpc) is 2.47. The Hall–Kier alpha value is -1.57. The van der Waals surface area contributed by atoms with Gasteiger partial charge in [-0.05, 0) is 13.0 Å². The topological polar surface area (TPSA) is 17.8 Å². The van der Waals surface area contributed by atoms with Crippen molar-refractivity contribution in [2.45, 2.75) is 6.92 Å². The maximum atomic E-state index is 4.21. The lowest BCUT2D eigenvalue weighted by Crippen LogP contribution is -1.92. The fourth-order valence-electron chi connectivity index (χ4n) is 1.28. The molecule has 0 N–H and O–H groups in total. The van der Waals surface area contributed by atoms with Crippen LogP contribution in [0.25, 0.3) is 16.6 Å². The van der Waals surface area contributed by atoms with Gasteiger partial charge in [-0.3, -0.25) is 0 Å². The standard InChI is InChI=1S/C10H10N2/c1-8(2)12-10-6-4-3-5-9(10)7-11-12/h3-7H,1H2,2H3. The Morgan fingerprint density at radius 3 is 2.92 bits per heavy atom. The van der Waals surface area contributed by atoms with Gasteiger partial charge < -0.3 is 0 Å². The molecular weight excluding hydrogens is 148 g/mol. The summed E-state index contributed by atoms with van der Waals surface area (Å²) in [6, 6.07) is 8.09. The highest BCUT2D eigenvalue weighted by molar-refractivity contribution is 5.81. The fourth-order valence-corrected chi connectivity index (χ4v) is 1.28. The van der Waals surface area contributed by atoms with Crippen molar-refractivity contribution in [2.24, 2.45) is 0 Å². The first-order valence-corrected chi connectivity index (χ1v) is 3.87. The quantitative estimate of drug-likeness (QED) is 0.623. The highest BCUT2D eigenvalue weighted by Crippen LogP contribution is 2.15. The Morgan fingerprint density at radius 1 is 1.42 bits per heavy atom. The average molecular weight is 158 g/mol. The van der Waals surface area contributed by atoms with Gasteiger partial charge in [-0.1, -0.05) is 24.8 Å². The Balaban J connectivity index is 2.79. The number of fused-ring (bicyclic) bond motifs is 1. The van der Waals surface area contributed by atoms with Crippen LogP contribution in [0.3, 0.4) is 0 Å². The number of rotatable bonds is 1. The van der Waals surface area contributed by atoms with Gasteiger partial charge in [0.05, 0.1) is 11.7 Å². The van der Waals surface area contributed by atoms with Gasteiger partial charge in [0.2, 0.25) is 0 Å². The lowest BCUT2D eigenvalue weighted by molar-refractivity contribution is 0.928. The van der Waals surface area contributed by atoms with Gasteiger partial charge in [-0.2, -0.15) is 5.10 Å². The van der Waals surface area contributed by atoms with E-state index in [1.165, 1.54) is 0 Å². The minimum atomic E-state index is 0.941. The van der Waals surface area contributed by atoms with Crippen LogP contribution in [0.4, 0.5) is 0 Å². The molecule has 1 heterocycles. The molecule has 0 unspecified atom stereocenters. The molecule has 0 saturated heterocycles. The first kappa shape index (κ1) is 7.10. The van der Waals surface area contributed by atoms with Gasteiger partial charge in [0, 0.05) is 11.1 Å².